The molecule has 0 aromatic heterocycles. The lowest BCUT2D eigenvalue weighted by atomic mass is 10.1. The number of allylic oxidation sites excluding steroid dienone is 1. The van der Waals surface area contributed by atoms with Gasteiger partial charge >= 0.3 is 0 Å². The molecule has 0 amide bonds. The van der Waals surface area contributed by atoms with Crippen molar-refractivity contribution < 1.29 is 9.53 Å². The van der Waals surface area contributed by atoms with Crippen molar-refractivity contribution in [2.75, 3.05) is 12.4 Å². The molecule has 0 aliphatic carbocycles. The van der Waals surface area contributed by atoms with E-state index in [2.05, 4.69) is 13.8 Å². The molecule has 0 atom stereocenters. The van der Waals surface area contributed by atoms with Crippen LogP contribution in [0.25, 0.3) is 6.08 Å². The van der Waals surface area contributed by atoms with E-state index in [1.807, 2.05) is 66.4 Å². The van der Waals surface area contributed by atoms with E-state index in [0.717, 1.165) is 42.1 Å². The zero-order chi connectivity index (χ0) is 17.2. The molecule has 0 unspecified atom stereocenters. The van der Waals surface area contributed by atoms with Gasteiger partial charge in [-0.3, -0.25) is 4.79 Å². The van der Waals surface area contributed by atoms with Crippen LogP contribution in [-0.2, 0) is 0 Å². The van der Waals surface area contributed by atoms with Gasteiger partial charge in [0.15, 0.2) is 5.78 Å². The predicted octanol–water partition coefficient (Wildman–Crippen LogP) is 5.87. The first-order valence-corrected chi connectivity index (χ1v) is 9.39. The van der Waals surface area contributed by atoms with Gasteiger partial charge in [0.2, 0.25) is 0 Å². The van der Waals surface area contributed by atoms with Crippen molar-refractivity contribution in [2.45, 2.75) is 31.6 Å². The zero-order valence-corrected chi connectivity index (χ0v) is 15.1. The lowest BCUT2D eigenvalue weighted by Gasteiger charge is -2.04. The van der Waals surface area contributed by atoms with E-state index in [1.54, 1.807) is 6.08 Å². The van der Waals surface area contributed by atoms with E-state index in [0.29, 0.717) is 0 Å². The Kier molecular flexibility index (Phi) is 7.63. The lowest BCUT2D eigenvalue weighted by Crippen LogP contribution is -1.95. The van der Waals surface area contributed by atoms with Crippen molar-refractivity contribution in [3.63, 3.8) is 0 Å². The molecule has 0 aliphatic rings. The van der Waals surface area contributed by atoms with Gasteiger partial charge in [0.05, 0.1) is 6.61 Å². The fourth-order valence-electron chi connectivity index (χ4n) is 2.10. The summed E-state index contributed by atoms with van der Waals surface area (Å²) in [4.78, 5) is 13.4. The Morgan fingerprint density at radius 1 is 1.00 bits per heavy atom. The molecule has 2 rings (SSSR count). The van der Waals surface area contributed by atoms with Crippen LogP contribution >= 0.6 is 11.8 Å². The molecule has 0 spiro atoms. The summed E-state index contributed by atoms with van der Waals surface area (Å²) in [5.41, 5.74) is 1.71. The second-order valence-corrected chi connectivity index (χ2v) is 6.66. The quantitative estimate of drug-likeness (QED) is 0.324. The SMILES string of the molecule is CCCOc1ccc(/C=C/C(=O)c2ccc(SCCC)cc2)cc1. The minimum absolute atomic E-state index is 0.0216. The van der Waals surface area contributed by atoms with Crippen LogP contribution in [-0.4, -0.2) is 18.1 Å². The fraction of sp³-hybridized carbons (Fsp3) is 0.286. The molecule has 0 radical (unpaired) electrons. The first kappa shape index (κ1) is 18.3. The molecule has 0 saturated heterocycles. The normalized spacial score (nSPS) is 10.9. The van der Waals surface area contributed by atoms with Gasteiger partial charge in [-0.2, -0.15) is 0 Å². The second-order valence-electron chi connectivity index (χ2n) is 5.49. The Bertz CT molecular complexity index is 657. The molecule has 24 heavy (non-hydrogen) atoms. The minimum atomic E-state index is 0.0216. The van der Waals surface area contributed by atoms with Gasteiger partial charge in [0.25, 0.3) is 0 Å². The van der Waals surface area contributed by atoms with Crippen LogP contribution in [0.15, 0.2) is 59.5 Å². The molecule has 0 fully saturated rings. The average molecular weight is 340 g/mol. The maximum Gasteiger partial charge on any atom is 0.185 e. The number of ketones is 1. The second kappa shape index (κ2) is 9.99. The summed E-state index contributed by atoms with van der Waals surface area (Å²) in [6.07, 6.45) is 5.60. The molecule has 2 nitrogen and oxygen atoms in total. The summed E-state index contributed by atoms with van der Waals surface area (Å²) in [5.74, 6) is 1.99. The maximum absolute atomic E-state index is 12.2. The van der Waals surface area contributed by atoms with Crippen molar-refractivity contribution in [3.05, 3.63) is 65.7 Å². The standard InChI is InChI=1S/C21H24O2S/c1-3-15-23-19-10-5-17(6-11-19)7-14-21(22)18-8-12-20(13-9-18)24-16-4-2/h5-14H,3-4,15-16H2,1-2H3/b14-7+. The summed E-state index contributed by atoms with van der Waals surface area (Å²) in [5, 5.41) is 0. The largest absolute Gasteiger partial charge is 0.494 e. The van der Waals surface area contributed by atoms with E-state index < -0.39 is 0 Å². The van der Waals surface area contributed by atoms with E-state index in [4.69, 9.17) is 4.74 Å². The highest BCUT2D eigenvalue weighted by Gasteiger charge is 2.02. The minimum Gasteiger partial charge on any atom is -0.494 e. The van der Waals surface area contributed by atoms with Crippen molar-refractivity contribution in [3.8, 4) is 5.75 Å². The zero-order valence-electron chi connectivity index (χ0n) is 14.3. The Morgan fingerprint density at radius 3 is 2.33 bits per heavy atom. The van der Waals surface area contributed by atoms with Crippen LogP contribution in [0.4, 0.5) is 0 Å². The highest BCUT2D eigenvalue weighted by Crippen LogP contribution is 2.19. The van der Waals surface area contributed by atoms with Gasteiger partial charge in [-0.05, 0) is 66.6 Å². The number of hydrogen-bond donors (Lipinski definition) is 0. The number of benzene rings is 2. The first-order chi connectivity index (χ1) is 11.7. The molecule has 0 bridgehead atoms. The number of hydrogen-bond acceptors (Lipinski definition) is 3. The Morgan fingerprint density at radius 2 is 1.71 bits per heavy atom. The van der Waals surface area contributed by atoms with Gasteiger partial charge < -0.3 is 4.74 Å². The maximum atomic E-state index is 12.2. The van der Waals surface area contributed by atoms with Gasteiger partial charge in [0, 0.05) is 10.5 Å². The number of rotatable bonds is 9. The molecule has 0 N–H and O–H groups in total. The van der Waals surface area contributed by atoms with Crippen LogP contribution in [0.2, 0.25) is 0 Å². The monoisotopic (exact) mass is 340 g/mol. The molecule has 3 heteroatoms. The number of thioether (sulfide) groups is 1. The predicted molar refractivity (Wildman–Crippen MR) is 103 cm³/mol. The van der Waals surface area contributed by atoms with Crippen LogP contribution in [0.3, 0.4) is 0 Å². The third-order valence-electron chi connectivity index (χ3n) is 3.39. The van der Waals surface area contributed by atoms with Crippen molar-refractivity contribution in [2.24, 2.45) is 0 Å². The summed E-state index contributed by atoms with van der Waals surface area (Å²) in [6, 6.07) is 15.6. The van der Waals surface area contributed by atoms with E-state index >= 15 is 0 Å². The van der Waals surface area contributed by atoms with Crippen molar-refractivity contribution in [1.29, 1.82) is 0 Å². The smallest absolute Gasteiger partial charge is 0.185 e. The molecule has 0 aliphatic heterocycles. The number of carbonyl (C=O) groups is 1. The van der Waals surface area contributed by atoms with Gasteiger partial charge in [-0.15, -0.1) is 11.8 Å². The van der Waals surface area contributed by atoms with Crippen LogP contribution in [0.1, 0.15) is 42.6 Å². The lowest BCUT2D eigenvalue weighted by molar-refractivity contribution is 0.104. The van der Waals surface area contributed by atoms with E-state index in [1.165, 1.54) is 4.90 Å². The Labute approximate surface area is 148 Å². The van der Waals surface area contributed by atoms with Crippen LogP contribution < -0.4 is 4.74 Å². The number of ether oxygens (including phenoxy) is 1. The van der Waals surface area contributed by atoms with Crippen LogP contribution in [0.5, 0.6) is 5.75 Å². The van der Waals surface area contributed by atoms with Crippen molar-refractivity contribution >= 4 is 23.6 Å². The topological polar surface area (TPSA) is 26.3 Å². The van der Waals surface area contributed by atoms with Gasteiger partial charge in [-0.25, -0.2) is 0 Å². The van der Waals surface area contributed by atoms with E-state index in [9.17, 15) is 4.79 Å². The summed E-state index contributed by atoms with van der Waals surface area (Å²) in [6.45, 7) is 4.97. The third kappa shape index (κ3) is 5.89. The first-order valence-electron chi connectivity index (χ1n) is 8.41. The molecular formula is C21H24O2S. The summed E-state index contributed by atoms with van der Waals surface area (Å²) < 4.78 is 5.55. The summed E-state index contributed by atoms with van der Waals surface area (Å²) in [7, 11) is 0. The molecular weight excluding hydrogens is 316 g/mol. The molecule has 0 heterocycles. The Balaban J connectivity index is 1.94. The Hall–Kier alpha value is -2.00. The fourth-order valence-corrected chi connectivity index (χ4v) is 2.87. The average Bonchev–Trinajstić information content (AvgIpc) is 2.64. The van der Waals surface area contributed by atoms with Crippen LogP contribution in [0, 0.1) is 0 Å². The molecule has 126 valence electrons. The van der Waals surface area contributed by atoms with Gasteiger partial charge in [0.1, 0.15) is 5.75 Å². The third-order valence-corrected chi connectivity index (χ3v) is 4.61. The molecule has 0 saturated carbocycles. The number of carbonyl (C=O) groups excluding carboxylic acids is 1. The van der Waals surface area contributed by atoms with E-state index in [-0.39, 0.29) is 5.78 Å². The molecule has 2 aromatic rings. The van der Waals surface area contributed by atoms with Gasteiger partial charge in [-0.1, -0.05) is 32.1 Å². The highest BCUT2D eigenvalue weighted by atomic mass is 32.2. The van der Waals surface area contributed by atoms with Crippen molar-refractivity contribution in [1.82, 2.24) is 0 Å². The highest BCUT2D eigenvalue weighted by molar-refractivity contribution is 7.99. The summed E-state index contributed by atoms with van der Waals surface area (Å²) >= 11 is 1.82. The molecule has 2 aromatic carbocycles.